The monoisotopic (exact) mass is 344 g/mol. The molecule has 9 heteroatoms. The second-order valence-electron chi connectivity index (χ2n) is 5.64. The molecule has 0 saturated carbocycles. The number of halogens is 4. The quantitative estimate of drug-likeness (QED) is 0.835. The molecule has 1 amide bonds. The highest BCUT2D eigenvalue weighted by atomic mass is 19.4. The largest absolute Gasteiger partial charge is 0.419 e. The number of aromatic amines is 1. The van der Waals surface area contributed by atoms with E-state index in [-0.39, 0.29) is 11.7 Å². The number of hydrogen-bond donors (Lipinski definition) is 2. The predicted molar refractivity (Wildman–Crippen MR) is 77.6 cm³/mol. The van der Waals surface area contributed by atoms with E-state index in [9.17, 15) is 22.4 Å². The Balaban J connectivity index is 2.32. The molecule has 0 aliphatic rings. The van der Waals surface area contributed by atoms with Gasteiger partial charge in [0, 0.05) is 0 Å². The van der Waals surface area contributed by atoms with Crippen LogP contribution in [-0.2, 0) is 6.18 Å². The number of amides is 1. The van der Waals surface area contributed by atoms with Gasteiger partial charge in [0.15, 0.2) is 5.82 Å². The summed E-state index contributed by atoms with van der Waals surface area (Å²) in [5.41, 5.74) is -2.16. The minimum Gasteiger partial charge on any atom is -0.342 e. The molecule has 0 aliphatic carbocycles. The van der Waals surface area contributed by atoms with Crippen molar-refractivity contribution in [1.82, 2.24) is 20.5 Å². The molecule has 0 spiro atoms. The third-order valence-electron chi connectivity index (χ3n) is 3.39. The fourth-order valence-corrected chi connectivity index (χ4v) is 2.17. The maximum Gasteiger partial charge on any atom is 0.419 e. The van der Waals surface area contributed by atoms with Crippen LogP contribution in [0.3, 0.4) is 0 Å². The number of rotatable bonds is 4. The fourth-order valence-electron chi connectivity index (χ4n) is 2.17. The maximum atomic E-state index is 14.1. The first-order valence-corrected chi connectivity index (χ1v) is 7.16. The Morgan fingerprint density at radius 1 is 1.29 bits per heavy atom. The van der Waals surface area contributed by atoms with Gasteiger partial charge in [0.2, 0.25) is 0 Å². The highest BCUT2D eigenvalue weighted by Gasteiger charge is 2.36. The molecule has 130 valence electrons. The zero-order valence-corrected chi connectivity index (χ0v) is 13.2. The van der Waals surface area contributed by atoms with Crippen LogP contribution in [0.1, 0.15) is 47.5 Å². The summed E-state index contributed by atoms with van der Waals surface area (Å²) in [6.07, 6.45) is -4.88. The van der Waals surface area contributed by atoms with Crippen molar-refractivity contribution < 1.29 is 22.4 Å². The van der Waals surface area contributed by atoms with Gasteiger partial charge in [0.25, 0.3) is 5.91 Å². The number of nitrogens with one attached hydrogen (secondary N) is 2. The molecule has 1 heterocycles. The number of carbonyl (C=O) groups excluding carboxylic acids is 1. The molecule has 5 nitrogen and oxygen atoms in total. The lowest BCUT2D eigenvalue weighted by Crippen LogP contribution is -2.33. The average molecular weight is 344 g/mol. The molecule has 24 heavy (non-hydrogen) atoms. The van der Waals surface area contributed by atoms with Crippen LogP contribution >= 0.6 is 0 Å². The molecule has 0 radical (unpaired) electrons. The van der Waals surface area contributed by atoms with Gasteiger partial charge in [-0.1, -0.05) is 19.9 Å². The summed E-state index contributed by atoms with van der Waals surface area (Å²) >= 11 is 0. The lowest BCUT2D eigenvalue weighted by Gasteiger charge is -2.20. The van der Waals surface area contributed by atoms with Crippen molar-refractivity contribution in [1.29, 1.82) is 0 Å². The fraction of sp³-hybridized carbons (Fsp3) is 0.400. The van der Waals surface area contributed by atoms with Crippen LogP contribution in [0.4, 0.5) is 17.6 Å². The maximum absolute atomic E-state index is 14.1. The Morgan fingerprint density at radius 2 is 1.96 bits per heavy atom. The van der Waals surface area contributed by atoms with Gasteiger partial charge in [-0.3, -0.25) is 9.89 Å². The molecule has 2 aromatic rings. The lowest BCUT2D eigenvalue weighted by molar-refractivity contribution is -0.140. The first-order chi connectivity index (χ1) is 11.1. The second kappa shape index (κ2) is 6.58. The van der Waals surface area contributed by atoms with Crippen molar-refractivity contribution in [3.8, 4) is 0 Å². The third-order valence-corrected chi connectivity index (χ3v) is 3.39. The second-order valence-corrected chi connectivity index (χ2v) is 5.64. The Hall–Kier alpha value is -2.45. The van der Waals surface area contributed by atoms with Crippen molar-refractivity contribution in [3.63, 3.8) is 0 Å². The standard InChI is InChI=1S/C15H16F4N4O/c1-7(2)12(13-20-8(3)22-23-13)21-14(24)9-5-4-6-10(11(9)16)15(17,18)19/h4-7,12H,1-3H3,(H,21,24)(H,20,22,23)/t12-/m1/s1. The van der Waals surface area contributed by atoms with Crippen LogP contribution in [0.2, 0.25) is 0 Å². The molecule has 1 aromatic heterocycles. The average Bonchev–Trinajstić information content (AvgIpc) is 2.89. The number of nitrogens with zero attached hydrogens (tertiary/aromatic N) is 2. The van der Waals surface area contributed by atoms with Crippen LogP contribution in [0.25, 0.3) is 0 Å². The van der Waals surface area contributed by atoms with Gasteiger partial charge in [0.1, 0.15) is 11.6 Å². The number of H-pyrrole nitrogens is 1. The summed E-state index contributed by atoms with van der Waals surface area (Å²) in [6, 6.07) is 1.91. The van der Waals surface area contributed by atoms with Crippen LogP contribution in [0.5, 0.6) is 0 Å². The molecular weight excluding hydrogens is 328 g/mol. The number of aromatic nitrogens is 3. The Morgan fingerprint density at radius 3 is 2.46 bits per heavy atom. The molecule has 1 aromatic carbocycles. The van der Waals surface area contributed by atoms with Gasteiger partial charge in [-0.25, -0.2) is 9.37 Å². The van der Waals surface area contributed by atoms with E-state index in [4.69, 9.17) is 0 Å². The van der Waals surface area contributed by atoms with E-state index < -0.39 is 35.1 Å². The van der Waals surface area contributed by atoms with Crippen LogP contribution in [-0.4, -0.2) is 21.1 Å². The number of carbonyl (C=O) groups is 1. The van der Waals surface area contributed by atoms with Gasteiger partial charge in [-0.05, 0) is 25.0 Å². The van der Waals surface area contributed by atoms with E-state index in [0.717, 1.165) is 12.1 Å². The topological polar surface area (TPSA) is 70.7 Å². The first kappa shape index (κ1) is 17.9. The van der Waals surface area contributed by atoms with E-state index in [1.54, 1.807) is 20.8 Å². The summed E-state index contributed by atoms with van der Waals surface area (Å²) in [7, 11) is 0. The summed E-state index contributed by atoms with van der Waals surface area (Å²) < 4.78 is 52.3. The molecular formula is C15H16F4N4O. The molecule has 2 N–H and O–H groups in total. The van der Waals surface area contributed by atoms with Crippen LogP contribution in [0, 0.1) is 18.7 Å². The van der Waals surface area contributed by atoms with Crippen molar-refractivity contribution in [2.24, 2.45) is 5.92 Å². The predicted octanol–water partition coefficient (Wildman–Crippen LogP) is 3.40. The van der Waals surface area contributed by atoms with E-state index in [2.05, 4.69) is 20.5 Å². The van der Waals surface area contributed by atoms with Crippen LogP contribution in [0.15, 0.2) is 18.2 Å². The summed E-state index contributed by atoms with van der Waals surface area (Å²) in [5, 5.41) is 9.05. The van der Waals surface area contributed by atoms with Crippen LogP contribution < -0.4 is 5.32 Å². The molecule has 0 saturated heterocycles. The zero-order valence-electron chi connectivity index (χ0n) is 13.2. The van der Waals surface area contributed by atoms with Crippen molar-refractivity contribution in [2.45, 2.75) is 33.0 Å². The van der Waals surface area contributed by atoms with Gasteiger partial charge in [0.05, 0.1) is 17.2 Å². The van der Waals surface area contributed by atoms with E-state index in [0.29, 0.717) is 11.9 Å². The number of benzene rings is 1. The van der Waals surface area contributed by atoms with Gasteiger partial charge >= 0.3 is 6.18 Å². The first-order valence-electron chi connectivity index (χ1n) is 7.16. The molecule has 0 bridgehead atoms. The summed E-state index contributed by atoms with van der Waals surface area (Å²) in [6.45, 7) is 5.22. The van der Waals surface area contributed by atoms with Crippen molar-refractivity contribution >= 4 is 5.91 Å². The van der Waals surface area contributed by atoms with Crippen molar-refractivity contribution in [2.75, 3.05) is 0 Å². The normalized spacial score (nSPS) is 13.2. The number of aryl methyl sites for hydroxylation is 1. The minimum absolute atomic E-state index is 0.155. The third kappa shape index (κ3) is 3.72. The molecule has 0 aliphatic heterocycles. The molecule has 1 atom stereocenters. The molecule has 0 fully saturated rings. The van der Waals surface area contributed by atoms with E-state index >= 15 is 0 Å². The van der Waals surface area contributed by atoms with Gasteiger partial charge < -0.3 is 5.32 Å². The Kier molecular flexibility index (Phi) is 4.91. The highest BCUT2D eigenvalue weighted by molar-refractivity contribution is 5.95. The lowest BCUT2D eigenvalue weighted by atomic mass is 10.0. The van der Waals surface area contributed by atoms with Gasteiger partial charge in [-0.2, -0.15) is 18.3 Å². The Bertz CT molecular complexity index is 739. The minimum atomic E-state index is -4.88. The smallest absolute Gasteiger partial charge is 0.342 e. The molecule has 0 unspecified atom stereocenters. The Labute approximate surface area is 135 Å². The number of hydrogen-bond acceptors (Lipinski definition) is 3. The summed E-state index contributed by atoms with van der Waals surface area (Å²) in [4.78, 5) is 16.4. The van der Waals surface area contributed by atoms with Gasteiger partial charge in [-0.15, -0.1) is 0 Å². The van der Waals surface area contributed by atoms with E-state index in [1.165, 1.54) is 0 Å². The zero-order chi connectivity index (χ0) is 18.1. The highest BCUT2D eigenvalue weighted by Crippen LogP contribution is 2.32. The molecule has 2 rings (SSSR count). The SMILES string of the molecule is Cc1nc([C@H](NC(=O)c2cccc(C(F)(F)F)c2F)C(C)C)n[nH]1. The van der Waals surface area contributed by atoms with E-state index in [1.807, 2.05) is 0 Å². The van der Waals surface area contributed by atoms with Crippen molar-refractivity contribution in [3.05, 3.63) is 46.8 Å². The number of alkyl halides is 3. The summed E-state index contributed by atoms with van der Waals surface area (Å²) in [5.74, 6) is -1.91.